The monoisotopic (exact) mass is 254 g/mol. The van der Waals surface area contributed by atoms with Gasteiger partial charge in [0.15, 0.2) is 0 Å². The van der Waals surface area contributed by atoms with Crippen LogP contribution >= 0.6 is 11.9 Å². The van der Waals surface area contributed by atoms with E-state index in [1.54, 1.807) is 11.9 Å². The summed E-state index contributed by atoms with van der Waals surface area (Å²) in [7, 11) is 0. The Balaban J connectivity index is 2.01. The maximum absolute atomic E-state index is 5.77. The van der Waals surface area contributed by atoms with Crippen molar-refractivity contribution in [1.29, 1.82) is 0 Å². The zero-order valence-electron chi connectivity index (χ0n) is 9.91. The Kier molecular flexibility index (Phi) is 3.09. The first kappa shape index (κ1) is 11.4. The molecule has 0 spiro atoms. The fraction of sp³-hybridized carbons (Fsp3) is 0.0667. The quantitative estimate of drug-likeness (QED) is 0.773. The van der Waals surface area contributed by atoms with Crippen molar-refractivity contribution in [1.82, 2.24) is 3.97 Å². The number of nitrogens with zero attached hydrogens (tertiary/aromatic N) is 1. The van der Waals surface area contributed by atoms with E-state index in [9.17, 15) is 0 Å². The number of fused-ring (bicyclic) bond motifs is 1. The summed E-state index contributed by atoms with van der Waals surface area (Å²) in [5.41, 5.74) is 8.18. The molecule has 3 heteroatoms. The minimum atomic E-state index is 0.572. The summed E-state index contributed by atoms with van der Waals surface area (Å²) < 4.78 is 2.18. The van der Waals surface area contributed by atoms with Crippen molar-refractivity contribution in [3.8, 4) is 0 Å². The normalized spacial score (nSPS) is 10.9. The summed E-state index contributed by atoms with van der Waals surface area (Å²) >= 11 is 1.71. The molecule has 0 unspecified atom stereocenters. The van der Waals surface area contributed by atoms with Gasteiger partial charge in [0.05, 0.1) is 5.52 Å². The van der Waals surface area contributed by atoms with Crippen LogP contribution in [0.5, 0.6) is 0 Å². The van der Waals surface area contributed by atoms with Gasteiger partial charge in [0.25, 0.3) is 0 Å². The molecule has 0 radical (unpaired) electrons. The third-order valence-corrected chi connectivity index (χ3v) is 4.06. The lowest BCUT2D eigenvalue weighted by molar-refractivity contribution is 1.02. The van der Waals surface area contributed by atoms with Gasteiger partial charge < -0.3 is 5.73 Å². The second-order valence-electron chi connectivity index (χ2n) is 4.10. The highest BCUT2D eigenvalue weighted by atomic mass is 32.2. The molecule has 18 heavy (non-hydrogen) atoms. The van der Waals surface area contributed by atoms with Crippen molar-refractivity contribution in [3.63, 3.8) is 0 Å². The molecule has 3 aromatic rings. The van der Waals surface area contributed by atoms with Crippen LogP contribution in [-0.2, 0) is 6.54 Å². The van der Waals surface area contributed by atoms with Gasteiger partial charge >= 0.3 is 0 Å². The van der Waals surface area contributed by atoms with E-state index in [1.807, 2.05) is 12.1 Å². The predicted molar refractivity (Wildman–Crippen MR) is 77.5 cm³/mol. The minimum Gasteiger partial charge on any atom is -0.326 e. The van der Waals surface area contributed by atoms with Crippen LogP contribution in [0.3, 0.4) is 0 Å². The van der Waals surface area contributed by atoms with E-state index < -0.39 is 0 Å². The highest BCUT2D eigenvalue weighted by molar-refractivity contribution is 7.98. The maximum atomic E-state index is 5.77. The Morgan fingerprint density at radius 2 is 1.72 bits per heavy atom. The molecule has 0 amide bonds. The van der Waals surface area contributed by atoms with Crippen LogP contribution in [-0.4, -0.2) is 3.97 Å². The molecule has 3 rings (SSSR count). The molecule has 0 fully saturated rings. The molecule has 2 N–H and O–H groups in total. The molecule has 1 aromatic heterocycles. The summed E-state index contributed by atoms with van der Waals surface area (Å²) in [6.45, 7) is 0.572. The van der Waals surface area contributed by atoms with Crippen molar-refractivity contribution in [2.45, 2.75) is 11.4 Å². The van der Waals surface area contributed by atoms with Gasteiger partial charge in [0.1, 0.15) is 0 Å². The zero-order valence-corrected chi connectivity index (χ0v) is 10.7. The van der Waals surface area contributed by atoms with Gasteiger partial charge in [-0.3, -0.25) is 3.97 Å². The molecule has 0 bridgehead atoms. The van der Waals surface area contributed by atoms with Gasteiger partial charge in [0.2, 0.25) is 0 Å². The SMILES string of the molecule is NCc1ccccc1Sn1ccc2ccccc21. The maximum Gasteiger partial charge on any atom is 0.0594 e. The van der Waals surface area contributed by atoms with Crippen molar-refractivity contribution in [3.05, 3.63) is 66.4 Å². The Labute approximate surface area is 111 Å². The van der Waals surface area contributed by atoms with E-state index in [-0.39, 0.29) is 0 Å². The lowest BCUT2D eigenvalue weighted by Crippen LogP contribution is -1.98. The summed E-state index contributed by atoms with van der Waals surface area (Å²) in [5.74, 6) is 0. The second-order valence-corrected chi connectivity index (χ2v) is 5.12. The molecule has 0 aliphatic carbocycles. The van der Waals surface area contributed by atoms with Crippen LogP contribution in [0, 0.1) is 0 Å². The lowest BCUT2D eigenvalue weighted by Gasteiger charge is -2.08. The summed E-state index contributed by atoms with van der Waals surface area (Å²) in [5, 5.41) is 1.26. The van der Waals surface area contributed by atoms with Crippen LogP contribution in [0.25, 0.3) is 10.9 Å². The van der Waals surface area contributed by atoms with E-state index in [0.717, 1.165) is 0 Å². The van der Waals surface area contributed by atoms with Crippen LogP contribution in [0.1, 0.15) is 5.56 Å². The molecule has 0 saturated heterocycles. The largest absolute Gasteiger partial charge is 0.326 e. The predicted octanol–water partition coefficient (Wildman–Crippen LogP) is 3.66. The summed E-state index contributed by atoms with van der Waals surface area (Å²) in [6, 6.07) is 18.8. The van der Waals surface area contributed by atoms with Gasteiger partial charge in [-0.25, -0.2) is 0 Å². The van der Waals surface area contributed by atoms with Crippen LogP contribution in [0.15, 0.2) is 65.7 Å². The third kappa shape index (κ3) is 2.03. The van der Waals surface area contributed by atoms with E-state index in [1.165, 1.54) is 21.4 Å². The lowest BCUT2D eigenvalue weighted by atomic mass is 10.2. The molecule has 90 valence electrons. The highest BCUT2D eigenvalue weighted by Crippen LogP contribution is 2.28. The first-order valence-electron chi connectivity index (χ1n) is 5.91. The highest BCUT2D eigenvalue weighted by Gasteiger charge is 2.05. The summed E-state index contributed by atoms with van der Waals surface area (Å²) in [4.78, 5) is 1.21. The van der Waals surface area contributed by atoms with Crippen molar-refractivity contribution < 1.29 is 0 Å². The van der Waals surface area contributed by atoms with Gasteiger partial charge in [-0.15, -0.1) is 0 Å². The molecule has 2 aromatic carbocycles. The standard InChI is InChI=1S/C15H14N2S/c16-11-13-6-2-4-8-15(13)18-17-10-9-12-5-1-3-7-14(12)17/h1-10H,11,16H2. The first-order chi connectivity index (χ1) is 8.88. The Hall–Kier alpha value is -1.71. The number of hydrogen-bond acceptors (Lipinski definition) is 2. The number of hydrogen-bond donors (Lipinski definition) is 1. The van der Waals surface area contributed by atoms with E-state index in [4.69, 9.17) is 5.73 Å². The first-order valence-corrected chi connectivity index (χ1v) is 6.68. The number of para-hydroxylation sites is 1. The third-order valence-electron chi connectivity index (χ3n) is 2.95. The fourth-order valence-electron chi connectivity index (χ4n) is 2.00. The Morgan fingerprint density at radius 3 is 2.61 bits per heavy atom. The van der Waals surface area contributed by atoms with E-state index >= 15 is 0 Å². The number of aromatic nitrogens is 1. The Morgan fingerprint density at radius 1 is 0.944 bits per heavy atom. The number of benzene rings is 2. The van der Waals surface area contributed by atoms with Crippen molar-refractivity contribution in [2.24, 2.45) is 5.73 Å². The van der Waals surface area contributed by atoms with Crippen LogP contribution in [0.4, 0.5) is 0 Å². The van der Waals surface area contributed by atoms with Gasteiger partial charge in [-0.1, -0.05) is 36.4 Å². The molecular weight excluding hydrogens is 240 g/mol. The molecule has 0 aliphatic heterocycles. The molecule has 0 atom stereocenters. The zero-order chi connectivity index (χ0) is 12.4. The van der Waals surface area contributed by atoms with Crippen molar-refractivity contribution in [2.75, 3.05) is 0 Å². The van der Waals surface area contributed by atoms with Crippen LogP contribution < -0.4 is 5.73 Å². The van der Waals surface area contributed by atoms with Crippen molar-refractivity contribution >= 4 is 22.9 Å². The smallest absolute Gasteiger partial charge is 0.0594 e. The average molecular weight is 254 g/mol. The minimum absolute atomic E-state index is 0.572. The van der Waals surface area contributed by atoms with Gasteiger partial charge in [-0.05, 0) is 35.7 Å². The van der Waals surface area contributed by atoms with E-state index in [0.29, 0.717) is 6.54 Å². The molecule has 0 aliphatic rings. The van der Waals surface area contributed by atoms with Gasteiger partial charge in [0, 0.05) is 23.0 Å². The van der Waals surface area contributed by atoms with E-state index in [2.05, 4.69) is 52.6 Å². The Bertz CT molecular complexity index is 673. The van der Waals surface area contributed by atoms with Crippen LogP contribution in [0.2, 0.25) is 0 Å². The number of nitrogens with two attached hydrogens (primary N) is 1. The number of rotatable bonds is 3. The molecule has 0 saturated carbocycles. The molecular formula is C15H14N2S. The summed E-state index contributed by atoms with van der Waals surface area (Å²) in [6.07, 6.45) is 2.10. The molecule has 1 heterocycles. The second kappa shape index (κ2) is 4.88. The van der Waals surface area contributed by atoms with Gasteiger partial charge in [-0.2, -0.15) is 0 Å². The average Bonchev–Trinajstić information content (AvgIpc) is 2.83. The fourth-order valence-corrected chi connectivity index (χ4v) is 3.01. The molecule has 2 nitrogen and oxygen atoms in total. The topological polar surface area (TPSA) is 30.9 Å².